The lowest BCUT2D eigenvalue weighted by Gasteiger charge is -2.10. The van der Waals surface area contributed by atoms with Gasteiger partial charge in [0.15, 0.2) is 0 Å². The maximum atomic E-state index is 5.88. The Bertz CT molecular complexity index is 555. The first-order valence-electron chi connectivity index (χ1n) is 7.07. The summed E-state index contributed by atoms with van der Waals surface area (Å²) in [5.41, 5.74) is 10.8. The zero-order valence-electron chi connectivity index (χ0n) is 12.5. The van der Waals surface area contributed by atoms with Crippen LogP contribution in [-0.2, 0) is 13.0 Å². The van der Waals surface area contributed by atoms with Crippen molar-refractivity contribution in [3.05, 3.63) is 64.7 Å². The first-order chi connectivity index (χ1) is 9.52. The third-order valence-electron chi connectivity index (χ3n) is 3.14. The van der Waals surface area contributed by atoms with E-state index in [2.05, 4.69) is 44.2 Å². The van der Waals surface area contributed by atoms with E-state index in [1.54, 1.807) is 0 Å². The highest BCUT2D eigenvalue weighted by atomic mass is 16.5. The molecule has 2 N–H and O–H groups in total. The monoisotopic (exact) mass is 269 g/mol. The molecule has 0 aromatic heterocycles. The maximum Gasteiger partial charge on any atom is 0.120 e. The predicted molar refractivity (Wildman–Crippen MR) is 84.0 cm³/mol. The van der Waals surface area contributed by atoms with Crippen molar-refractivity contribution in [1.29, 1.82) is 0 Å². The molecular formula is C18H23NO. The summed E-state index contributed by atoms with van der Waals surface area (Å²) >= 11 is 0. The molecule has 106 valence electrons. The fourth-order valence-electron chi connectivity index (χ4n) is 2.45. The lowest BCUT2D eigenvalue weighted by Crippen LogP contribution is -2.17. The van der Waals surface area contributed by atoms with Gasteiger partial charge in [0.1, 0.15) is 12.4 Å². The Labute approximate surface area is 121 Å². The molecule has 0 aliphatic rings. The van der Waals surface area contributed by atoms with Crippen molar-refractivity contribution in [3.63, 3.8) is 0 Å². The molecule has 1 unspecified atom stereocenters. The molecular weight excluding hydrogens is 246 g/mol. The van der Waals surface area contributed by atoms with E-state index >= 15 is 0 Å². The van der Waals surface area contributed by atoms with Crippen molar-refractivity contribution in [3.8, 4) is 5.75 Å². The van der Waals surface area contributed by atoms with Gasteiger partial charge in [0, 0.05) is 6.04 Å². The molecule has 0 spiro atoms. The van der Waals surface area contributed by atoms with E-state index in [0.29, 0.717) is 6.61 Å². The van der Waals surface area contributed by atoms with E-state index in [1.807, 2.05) is 19.1 Å². The fourth-order valence-corrected chi connectivity index (χ4v) is 2.45. The van der Waals surface area contributed by atoms with Crippen LogP contribution in [0.25, 0.3) is 0 Å². The van der Waals surface area contributed by atoms with Crippen LogP contribution >= 0.6 is 0 Å². The normalized spacial score (nSPS) is 12.2. The lowest BCUT2D eigenvalue weighted by atomic mass is 10.1. The smallest absolute Gasteiger partial charge is 0.120 e. The molecule has 1 atom stereocenters. The van der Waals surface area contributed by atoms with E-state index in [9.17, 15) is 0 Å². The van der Waals surface area contributed by atoms with Crippen LogP contribution in [-0.4, -0.2) is 6.04 Å². The van der Waals surface area contributed by atoms with Gasteiger partial charge in [-0.25, -0.2) is 0 Å². The van der Waals surface area contributed by atoms with E-state index in [4.69, 9.17) is 10.5 Å². The van der Waals surface area contributed by atoms with Crippen LogP contribution in [0.5, 0.6) is 5.75 Å². The first kappa shape index (κ1) is 14.6. The van der Waals surface area contributed by atoms with Crippen molar-refractivity contribution in [2.75, 3.05) is 0 Å². The molecule has 2 heteroatoms. The molecule has 0 fully saturated rings. The van der Waals surface area contributed by atoms with E-state index in [1.165, 1.54) is 22.3 Å². The van der Waals surface area contributed by atoms with Crippen molar-refractivity contribution in [1.82, 2.24) is 0 Å². The molecule has 0 radical (unpaired) electrons. The van der Waals surface area contributed by atoms with Gasteiger partial charge in [0.2, 0.25) is 0 Å². The number of benzene rings is 2. The summed E-state index contributed by atoms with van der Waals surface area (Å²) in [6.07, 6.45) is 0.876. The molecule has 2 rings (SSSR count). The highest BCUT2D eigenvalue weighted by Crippen LogP contribution is 2.17. The molecule has 0 heterocycles. The van der Waals surface area contributed by atoms with Crippen LogP contribution in [0.3, 0.4) is 0 Å². The molecule has 2 aromatic carbocycles. The summed E-state index contributed by atoms with van der Waals surface area (Å²) in [6, 6.07) is 14.9. The molecule has 2 aromatic rings. The van der Waals surface area contributed by atoms with Crippen molar-refractivity contribution >= 4 is 0 Å². The van der Waals surface area contributed by atoms with Crippen molar-refractivity contribution < 1.29 is 4.74 Å². The molecule has 2 nitrogen and oxygen atoms in total. The van der Waals surface area contributed by atoms with Crippen molar-refractivity contribution in [2.24, 2.45) is 5.73 Å². The SMILES string of the molecule is Cc1cc(C)cc(COc2cccc(CC(C)N)c2)c1. The van der Waals surface area contributed by atoms with Gasteiger partial charge in [0.05, 0.1) is 0 Å². The highest BCUT2D eigenvalue weighted by Gasteiger charge is 2.02. The zero-order chi connectivity index (χ0) is 14.5. The number of ether oxygens (including phenoxy) is 1. The predicted octanol–water partition coefficient (Wildman–Crippen LogP) is 3.77. The Morgan fingerprint density at radius 1 is 1.00 bits per heavy atom. The second-order valence-corrected chi connectivity index (χ2v) is 5.61. The minimum absolute atomic E-state index is 0.171. The Balaban J connectivity index is 2.03. The largest absolute Gasteiger partial charge is 0.489 e. The molecule has 0 bridgehead atoms. The topological polar surface area (TPSA) is 35.2 Å². The average Bonchev–Trinajstić information content (AvgIpc) is 2.35. The number of hydrogen-bond donors (Lipinski definition) is 1. The van der Waals surface area contributed by atoms with Crippen LogP contribution in [0.2, 0.25) is 0 Å². The summed E-state index contributed by atoms with van der Waals surface area (Å²) in [7, 11) is 0. The Kier molecular flexibility index (Phi) is 4.80. The number of aryl methyl sites for hydroxylation is 2. The third-order valence-corrected chi connectivity index (χ3v) is 3.14. The number of rotatable bonds is 5. The third kappa shape index (κ3) is 4.39. The average molecular weight is 269 g/mol. The molecule has 0 aliphatic heterocycles. The summed E-state index contributed by atoms with van der Waals surface area (Å²) < 4.78 is 5.88. The van der Waals surface area contributed by atoms with Crippen LogP contribution in [0.1, 0.15) is 29.2 Å². The zero-order valence-corrected chi connectivity index (χ0v) is 12.5. The molecule has 0 amide bonds. The van der Waals surface area contributed by atoms with Crippen LogP contribution in [0.4, 0.5) is 0 Å². The Hall–Kier alpha value is -1.80. The van der Waals surface area contributed by atoms with E-state index in [-0.39, 0.29) is 6.04 Å². The summed E-state index contributed by atoms with van der Waals surface area (Å²) in [5, 5.41) is 0. The minimum Gasteiger partial charge on any atom is -0.489 e. The maximum absolute atomic E-state index is 5.88. The van der Waals surface area contributed by atoms with Gasteiger partial charge in [-0.2, -0.15) is 0 Å². The molecule has 20 heavy (non-hydrogen) atoms. The van der Waals surface area contributed by atoms with Crippen molar-refractivity contribution in [2.45, 2.75) is 39.8 Å². The van der Waals surface area contributed by atoms with Gasteiger partial charge >= 0.3 is 0 Å². The van der Waals surface area contributed by atoms with Gasteiger partial charge in [-0.05, 0) is 50.5 Å². The van der Waals surface area contributed by atoms with Gasteiger partial charge < -0.3 is 10.5 Å². The fraction of sp³-hybridized carbons (Fsp3) is 0.333. The Morgan fingerprint density at radius 3 is 2.35 bits per heavy atom. The van der Waals surface area contributed by atoms with Crippen LogP contribution in [0.15, 0.2) is 42.5 Å². The summed E-state index contributed by atoms with van der Waals surface area (Å²) in [6.45, 7) is 6.84. The minimum atomic E-state index is 0.171. The van der Waals surface area contributed by atoms with E-state index < -0.39 is 0 Å². The van der Waals surface area contributed by atoms with Gasteiger partial charge in [0.25, 0.3) is 0 Å². The second-order valence-electron chi connectivity index (χ2n) is 5.61. The molecule has 0 saturated carbocycles. The van der Waals surface area contributed by atoms with Gasteiger partial charge in [-0.15, -0.1) is 0 Å². The van der Waals surface area contributed by atoms with E-state index in [0.717, 1.165) is 12.2 Å². The van der Waals surface area contributed by atoms with Gasteiger partial charge in [-0.3, -0.25) is 0 Å². The molecule has 0 saturated heterocycles. The Morgan fingerprint density at radius 2 is 1.70 bits per heavy atom. The highest BCUT2D eigenvalue weighted by molar-refractivity contribution is 5.31. The second kappa shape index (κ2) is 6.58. The summed E-state index contributed by atoms with van der Waals surface area (Å²) in [5.74, 6) is 0.905. The lowest BCUT2D eigenvalue weighted by molar-refractivity contribution is 0.305. The van der Waals surface area contributed by atoms with Gasteiger partial charge in [-0.1, -0.05) is 41.5 Å². The first-order valence-corrected chi connectivity index (χ1v) is 7.07. The van der Waals surface area contributed by atoms with Crippen LogP contribution < -0.4 is 10.5 Å². The summed E-state index contributed by atoms with van der Waals surface area (Å²) in [4.78, 5) is 0. The number of hydrogen-bond acceptors (Lipinski definition) is 2. The number of nitrogens with two attached hydrogens (primary N) is 1. The standard InChI is InChI=1S/C18H23NO/c1-13-7-14(2)9-17(8-13)12-20-18-6-4-5-16(11-18)10-15(3)19/h4-9,11,15H,10,12,19H2,1-3H3. The molecule has 0 aliphatic carbocycles. The van der Waals surface area contributed by atoms with Crippen LogP contribution in [0, 0.1) is 13.8 Å². The quantitative estimate of drug-likeness (QED) is 0.896.